The highest BCUT2D eigenvalue weighted by Crippen LogP contribution is 2.23. The maximum Gasteiger partial charge on any atom is 0.239 e. The first-order chi connectivity index (χ1) is 9.88. The lowest BCUT2D eigenvalue weighted by molar-refractivity contribution is -0.113. The number of carbonyl (C=O) groups excluding carboxylic acids is 1. The lowest BCUT2D eigenvalue weighted by atomic mass is 10.3. The minimum absolute atomic E-state index is 0.0620. The van der Waals surface area contributed by atoms with Gasteiger partial charge in [0.25, 0.3) is 0 Å². The highest BCUT2D eigenvalue weighted by molar-refractivity contribution is 7.92. The first-order valence-corrected chi connectivity index (χ1v) is 8.04. The molecule has 0 atom stereocenters. The van der Waals surface area contributed by atoms with Gasteiger partial charge in [-0.2, -0.15) is 0 Å². The van der Waals surface area contributed by atoms with Gasteiger partial charge in [-0.05, 0) is 30.3 Å². The molecule has 0 saturated heterocycles. The predicted octanol–water partition coefficient (Wildman–Crippen LogP) is 2.33. The van der Waals surface area contributed by atoms with Gasteiger partial charge in [0.05, 0.1) is 10.6 Å². The Hall–Kier alpha value is -2.05. The molecule has 0 spiro atoms. The van der Waals surface area contributed by atoms with E-state index >= 15 is 0 Å². The number of sulfone groups is 1. The number of benzene rings is 2. The number of hydrogen-bond acceptors (Lipinski definition) is 4. The van der Waals surface area contributed by atoms with E-state index in [1.807, 2.05) is 0 Å². The zero-order valence-corrected chi connectivity index (χ0v) is 12.5. The monoisotopic (exact) mass is 324 g/mol. The fourth-order valence-electron chi connectivity index (χ4n) is 1.75. The van der Waals surface area contributed by atoms with Crippen LogP contribution in [0, 0.1) is 0 Å². The van der Waals surface area contributed by atoms with Crippen LogP contribution < -0.4 is 11.1 Å². The first-order valence-electron chi connectivity index (χ1n) is 6.01. The number of carbonyl (C=O) groups is 1. The Kier molecular flexibility index (Phi) is 4.50. The Balaban J connectivity index is 2.18. The van der Waals surface area contributed by atoms with Crippen molar-refractivity contribution in [2.24, 2.45) is 0 Å². The molecule has 0 unspecified atom stereocenters. The van der Waals surface area contributed by atoms with Crippen LogP contribution in [0.4, 0.5) is 11.4 Å². The summed E-state index contributed by atoms with van der Waals surface area (Å²) in [6.07, 6.45) is 0. The van der Waals surface area contributed by atoms with Crippen molar-refractivity contribution in [3.63, 3.8) is 0 Å². The quantitative estimate of drug-likeness (QED) is 0.845. The van der Waals surface area contributed by atoms with E-state index in [9.17, 15) is 13.2 Å². The number of nitrogens with one attached hydrogen (secondary N) is 1. The Morgan fingerprint density at radius 3 is 2.48 bits per heavy atom. The van der Waals surface area contributed by atoms with Crippen LogP contribution in [-0.4, -0.2) is 20.1 Å². The largest absolute Gasteiger partial charge is 0.398 e. The van der Waals surface area contributed by atoms with Crippen LogP contribution in [-0.2, 0) is 14.6 Å². The summed E-state index contributed by atoms with van der Waals surface area (Å²) in [5, 5.41) is 2.75. The van der Waals surface area contributed by atoms with Gasteiger partial charge in [-0.1, -0.05) is 29.8 Å². The molecule has 0 aliphatic carbocycles. The summed E-state index contributed by atoms with van der Waals surface area (Å²) in [5.74, 6) is -1.34. The molecule has 21 heavy (non-hydrogen) atoms. The van der Waals surface area contributed by atoms with Crippen molar-refractivity contribution in [3.8, 4) is 0 Å². The molecule has 2 rings (SSSR count). The number of anilines is 2. The fraction of sp³-hybridized carbons (Fsp3) is 0.0714. The Morgan fingerprint density at radius 1 is 1.14 bits per heavy atom. The average Bonchev–Trinajstić information content (AvgIpc) is 2.41. The van der Waals surface area contributed by atoms with E-state index in [4.69, 9.17) is 17.3 Å². The molecule has 7 heteroatoms. The number of hydrogen-bond donors (Lipinski definition) is 2. The highest BCUT2D eigenvalue weighted by atomic mass is 35.5. The molecule has 0 fully saturated rings. The van der Waals surface area contributed by atoms with E-state index in [1.54, 1.807) is 30.3 Å². The SMILES string of the molecule is Nc1ccc(Cl)cc1S(=O)(=O)CC(=O)Nc1ccccc1. The predicted molar refractivity (Wildman–Crippen MR) is 83.0 cm³/mol. The fourth-order valence-corrected chi connectivity index (χ4v) is 3.29. The van der Waals surface area contributed by atoms with Crippen molar-refractivity contribution < 1.29 is 13.2 Å². The molecule has 5 nitrogen and oxygen atoms in total. The summed E-state index contributed by atoms with van der Waals surface area (Å²) in [6, 6.07) is 12.7. The van der Waals surface area contributed by atoms with Gasteiger partial charge in [-0.15, -0.1) is 0 Å². The third kappa shape index (κ3) is 3.96. The normalized spacial score (nSPS) is 11.1. The van der Waals surface area contributed by atoms with Crippen LogP contribution in [0.15, 0.2) is 53.4 Å². The molecule has 0 aromatic heterocycles. The maximum absolute atomic E-state index is 12.2. The lowest BCUT2D eigenvalue weighted by Gasteiger charge is -2.08. The van der Waals surface area contributed by atoms with Gasteiger partial charge >= 0.3 is 0 Å². The minimum atomic E-state index is -3.85. The minimum Gasteiger partial charge on any atom is -0.398 e. The summed E-state index contributed by atoms with van der Waals surface area (Å²) in [4.78, 5) is 11.7. The van der Waals surface area contributed by atoms with E-state index in [-0.39, 0.29) is 15.6 Å². The molecule has 0 bridgehead atoms. The number of nitrogen functional groups attached to an aromatic ring is 1. The van der Waals surface area contributed by atoms with Crippen molar-refractivity contribution in [1.82, 2.24) is 0 Å². The van der Waals surface area contributed by atoms with Gasteiger partial charge in [0, 0.05) is 10.7 Å². The third-order valence-electron chi connectivity index (χ3n) is 2.69. The molecule has 1 amide bonds. The number of nitrogens with two attached hydrogens (primary N) is 1. The zero-order chi connectivity index (χ0) is 15.5. The van der Waals surface area contributed by atoms with E-state index in [0.717, 1.165) is 0 Å². The van der Waals surface area contributed by atoms with Crippen LogP contribution in [0.2, 0.25) is 5.02 Å². The molecule has 0 radical (unpaired) electrons. The second-order valence-corrected chi connectivity index (χ2v) is 6.75. The van der Waals surface area contributed by atoms with Crippen molar-refractivity contribution >= 4 is 38.7 Å². The van der Waals surface area contributed by atoms with Crippen LogP contribution in [0.25, 0.3) is 0 Å². The van der Waals surface area contributed by atoms with Gasteiger partial charge in [-0.3, -0.25) is 4.79 Å². The molecule has 2 aromatic rings. The number of rotatable bonds is 4. The van der Waals surface area contributed by atoms with E-state index in [0.29, 0.717) is 5.69 Å². The highest BCUT2D eigenvalue weighted by Gasteiger charge is 2.22. The Labute approximate surface area is 127 Å². The molecular formula is C14H13ClN2O3S. The van der Waals surface area contributed by atoms with E-state index in [2.05, 4.69) is 5.32 Å². The van der Waals surface area contributed by atoms with Gasteiger partial charge in [0.2, 0.25) is 5.91 Å². The van der Waals surface area contributed by atoms with Gasteiger partial charge in [0.15, 0.2) is 9.84 Å². The Bertz CT molecular complexity index is 761. The van der Waals surface area contributed by atoms with Crippen LogP contribution in [0.5, 0.6) is 0 Å². The van der Waals surface area contributed by atoms with Crippen molar-refractivity contribution in [2.45, 2.75) is 4.90 Å². The molecule has 3 N–H and O–H groups in total. The standard InChI is InChI=1S/C14H13ClN2O3S/c15-10-6-7-12(16)13(8-10)21(19,20)9-14(18)17-11-4-2-1-3-5-11/h1-8H,9,16H2,(H,17,18). The first kappa shape index (κ1) is 15.3. The van der Waals surface area contributed by atoms with Gasteiger partial charge in [0.1, 0.15) is 5.75 Å². The number of halogens is 1. The molecule has 0 aliphatic rings. The van der Waals surface area contributed by atoms with Crippen LogP contribution >= 0.6 is 11.6 Å². The second kappa shape index (κ2) is 6.15. The third-order valence-corrected chi connectivity index (χ3v) is 4.59. The summed E-state index contributed by atoms with van der Waals surface area (Å²) in [5.41, 5.74) is 6.22. The van der Waals surface area contributed by atoms with Gasteiger partial charge < -0.3 is 11.1 Å². The average molecular weight is 325 g/mol. The number of para-hydroxylation sites is 1. The van der Waals surface area contributed by atoms with Crippen LogP contribution in [0.3, 0.4) is 0 Å². The molecule has 0 aliphatic heterocycles. The van der Waals surface area contributed by atoms with Crippen LogP contribution in [0.1, 0.15) is 0 Å². The summed E-state index contributed by atoms with van der Waals surface area (Å²) < 4.78 is 24.4. The number of amides is 1. The van der Waals surface area contributed by atoms with Crippen molar-refractivity contribution in [2.75, 3.05) is 16.8 Å². The molecule has 0 heterocycles. The molecule has 0 saturated carbocycles. The topological polar surface area (TPSA) is 89.3 Å². The summed E-state index contributed by atoms with van der Waals surface area (Å²) >= 11 is 5.77. The second-order valence-electron chi connectivity index (χ2n) is 4.36. The maximum atomic E-state index is 12.2. The van der Waals surface area contributed by atoms with Gasteiger partial charge in [-0.25, -0.2) is 8.42 Å². The summed E-state index contributed by atoms with van der Waals surface area (Å²) in [7, 11) is -3.85. The van der Waals surface area contributed by atoms with Crippen molar-refractivity contribution in [1.29, 1.82) is 0 Å². The zero-order valence-electron chi connectivity index (χ0n) is 10.9. The Morgan fingerprint density at radius 2 is 1.81 bits per heavy atom. The molecule has 2 aromatic carbocycles. The smallest absolute Gasteiger partial charge is 0.239 e. The molecular weight excluding hydrogens is 312 g/mol. The van der Waals surface area contributed by atoms with E-state index < -0.39 is 21.5 Å². The van der Waals surface area contributed by atoms with E-state index in [1.165, 1.54) is 18.2 Å². The summed E-state index contributed by atoms with van der Waals surface area (Å²) in [6.45, 7) is 0. The molecule has 110 valence electrons. The van der Waals surface area contributed by atoms with Crippen molar-refractivity contribution in [3.05, 3.63) is 53.6 Å². The lowest BCUT2D eigenvalue weighted by Crippen LogP contribution is -2.23.